The van der Waals surface area contributed by atoms with Crippen LogP contribution in [0.15, 0.2) is 24.3 Å². The highest BCUT2D eigenvalue weighted by Crippen LogP contribution is 2.26. The summed E-state index contributed by atoms with van der Waals surface area (Å²) in [6.45, 7) is 5.53. The first-order valence-corrected chi connectivity index (χ1v) is 6.51. The molecule has 0 saturated carbocycles. The zero-order chi connectivity index (χ0) is 11.6. The molecular weight excluding hydrogens is 268 g/mol. The first-order valence-electron chi connectivity index (χ1n) is 5.60. The molecule has 0 N–H and O–H groups in total. The lowest BCUT2D eigenvalue weighted by molar-refractivity contribution is -0.140. The number of hydrogen-bond acceptors (Lipinski definition) is 2. The molecule has 0 amide bonds. The summed E-state index contributed by atoms with van der Waals surface area (Å²) >= 11 is 3.56. The van der Waals surface area contributed by atoms with E-state index in [0.717, 1.165) is 6.42 Å². The monoisotopic (exact) mass is 284 g/mol. The van der Waals surface area contributed by atoms with Crippen LogP contribution in [-0.2, 0) is 15.9 Å². The van der Waals surface area contributed by atoms with Gasteiger partial charge in [0.05, 0.1) is 13.2 Å². The molecule has 0 spiro atoms. The number of hydrogen-bond donors (Lipinski definition) is 0. The molecule has 1 aromatic carbocycles. The first-order chi connectivity index (χ1) is 7.59. The predicted octanol–water partition coefficient (Wildman–Crippen LogP) is 3.45. The van der Waals surface area contributed by atoms with Gasteiger partial charge in [0.25, 0.3) is 0 Å². The van der Waals surface area contributed by atoms with Crippen LogP contribution in [0.3, 0.4) is 0 Å². The maximum absolute atomic E-state index is 5.59. The molecular formula is C13H17BrO2. The third-order valence-corrected chi connectivity index (χ3v) is 3.39. The van der Waals surface area contributed by atoms with E-state index in [4.69, 9.17) is 9.47 Å². The molecule has 2 nitrogen and oxygen atoms in total. The van der Waals surface area contributed by atoms with Crippen LogP contribution >= 0.6 is 15.9 Å². The van der Waals surface area contributed by atoms with Crippen LogP contribution < -0.4 is 0 Å². The Kier molecular flexibility index (Phi) is 3.67. The first kappa shape index (κ1) is 12.1. The van der Waals surface area contributed by atoms with Gasteiger partial charge in [0.15, 0.2) is 5.79 Å². The van der Waals surface area contributed by atoms with E-state index in [1.165, 1.54) is 11.1 Å². The van der Waals surface area contributed by atoms with Gasteiger partial charge in [-0.1, -0.05) is 40.2 Å². The third kappa shape index (κ3) is 2.84. The Morgan fingerprint density at radius 1 is 1.25 bits per heavy atom. The Labute approximate surface area is 105 Å². The molecule has 0 aliphatic carbocycles. The Balaban J connectivity index is 2.05. The molecule has 3 heteroatoms. The summed E-state index contributed by atoms with van der Waals surface area (Å²) in [5, 5.41) is 0. The molecule has 1 heterocycles. The van der Waals surface area contributed by atoms with Crippen LogP contribution in [0.1, 0.15) is 29.8 Å². The number of halogens is 1. The molecule has 16 heavy (non-hydrogen) atoms. The average molecular weight is 285 g/mol. The van der Waals surface area contributed by atoms with Crippen LogP contribution in [0.4, 0.5) is 0 Å². The van der Waals surface area contributed by atoms with Gasteiger partial charge in [-0.25, -0.2) is 0 Å². The number of benzene rings is 1. The summed E-state index contributed by atoms with van der Waals surface area (Å²) in [6, 6.07) is 8.58. The standard InChI is InChI=1S/C13H17BrO2/c1-10(14)12-5-3-11(4-6-12)9-13(2)15-7-8-16-13/h3-6,10H,7-9H2,1-2H3. The van der Waals surface area contributed by atoms with Gasteiger partial charge < -0.3 is 9.47 Å². The summed E-state index contributed by atoms with van der Waals surface area (Å²) in [6.07, 6.45) is 0.809. The quantitative estimate of drug-likeness (QED) is 0.792. The van der Waals surface area contributed by atoms with E-state index in [0.29, 0.717) is 18.0 Å². The molecule has 1 aromatic rings. The minimum Gasteiger partial charge on any atom is -0.347 e. The molecule has 88 valence electrons. The van der Waals surface area contributed by atoms with Gasteiger partial charge in [-0.2, -0.15) is 0 Å². The van der Waals surface area contributed by atoms with Gasteiger partial charge in [-0.15, -0.1) is 0 Å². The fourth-order valence-corrected chi connectivity index (χ4v) is 2.24. The molecule has 1 atom stereocenters. The highest BCUT2D eigenvalue weighted by atomic mass is 79.9. The lowest BCUT2D eigenvalue weighted by Crippen LogP contribution is -2.28. The zero-order valence-electron chi connectivity index (χ0n) is 9.70. The van der Waals surface area contributed by atoms with Gasteiger partial charge in [-0.3, -0.25) is 0 Å². The summed E-state index contributed by atoms with van der Waals surface area (Å²) in [5.41, 5.74) is 2.54. The molecule has 0 radical (unpaired) electrons. The Morgan fingerprint density at radius 2 is 1.81 bits per heavy atom. The molecule has 1 saturated heterocycles. The van der Waals surface area contributed by atoms with Crippen molar-refractivity contribution in [1.82, 2.24) is 0 Å². The largest absolute Gasteiger partial charge is 0.347 e. The Morgan fingerprint density at radius 3 is 2.31 bits per heavy atom. The van der Waals surface area contributed by atoms with E-state index < -0.39 is 5.79 Å². The summed E-state index contributed by atoms with van der Waals surface area (Å²) in [5.74, 6) is -0.429. The van der Waals surface area contributed by atoms with Crippen LogP contribution in [0.2, 0.25) is 0 Å². The SMILES string of the molecule is CC(Br)c1ccc(CC2(C)OCCO2)cc1. The third-order valence-electron chi connectivity index (χ3n) is 2.86. The van der Waals surface area contributed by atoms with Crippen molar-refractivity contribution in [3.8, 4) is 0 Å². The highest BCUT2D eigenvalue weighted by Gasteiger charge is 2.30. The lowest BCUT2D eigenvalue weighted by atomic mass is 10.0. The van der Waals surface area contributed by atoms with Crippen molar-refractivity contribution in [2.45, 2.75) is 30.9 Å². The maximum Gasteiger partial charge on any atom is 0.169 e. The van der Waals surface area contributed by atoms with Crippen LogP contribution in [0.5, 0.6) is 0 Å². The average Bonchev–Trinajstić information content (AvgIpc) is 2.65. The van der Waals surface area contributed by atoms with Crippen molar-refractivity contribution in [2.75, 3.05) is 13.2 Å². The smallest absolute Gasteiger partial charge is 0.169 e. The van der Waals surface area contributed by atoms with Crippen molar-refractivity contribution in [3.63, 3.8) is 0 Å². The maximum atomic E-state index is 5.59. The van der Waals surface area contributed by atoms with E-state index in [2.05, 4.69) is 47.1 Å². The van der Waals surface area contributed by atoms with Gasteiger partial charge in [-0.05, 0) is 25.0 Å². The molecule has 1 aliphatic rings. The van der Waals surface area contributed by atoms with Crippen LogP contribution in [-0.4, -0.2) is 19.0 Å². The minimum absolute atomic E-state index is 0.399. The van der Waals surface area contributed by atoms with Crippen molar-refractivity contribution in [2.24, 2.45) is 0 Å². The fraction of sp³-hybridized carbons (Fsp3) is 0.538. The minimum atomic E-state index is -0.429. The van der Waals surface area contributed by atoms with Gasteiger partial charge >= 0.3 is 0 Å². The van der Waals surface area contributed by atoms with Crippen LogP contribution in [0.25, 0.3) is 0 Å². The van der Waals surface area contributed by atoms with Crippen molar-refractivity contribution >= 4 is 15.9 Å². The highest BCUT2D eigenvalue weighted by molar-refractivity contribution is 9.09. The van der Waals surface area contributed by atoms with E-state index >= 15 is 0 Å². The van der Waals surface area contributed by atoms with E-state index in [1.807, 2.05) is 6.92 Å². The molecule has 2 rings (SSSR count). The fourth-order valence-electron chi connectivity index (χ4n) is 1.93. The molecule has 0 aromatic heterocycles. The Bertz CT molecular complexity index is 339. The van der Waals surface area contributed by atoms with Crippen LogP contribution in [0, 0.1) is 0 Å². The summed E-state index contributed by atoms with van der Waals surface area (Å²) in [7, 11) is 0. The molecule has 1 aliphatic heterocycles. The number of ether oxygens (including phenoxy) is 2. The summed E-state index contributed by atoms with van der Waals surface area (Å²) in [4.78, 5) is 0.399. The normalized spacial score (nSPS) is 20.9. The zero-order valence-corrected chi connectivity index (χ0v) is 11.3. The lowest BCUT2D eigenvalue weighted by Gasteiger charge is -2.22. The second-order valence-electron chi connectivity index (χ2n) is 4.37. The number of alkyl halides is 1. The number of rotatable bonds is 3. The molecule has 0 bridgehead atoms. The van der Waals surface area contributed by atoms with Gasteiger partial charge in [0, 0.05) is 11.2 Å². The van der Waals surface area contributed by atoms with E-state index in [-0.39, 0.29) is 0 Å². The van der Waals surface area contributed by atoms with E-state index in [9.17, 15) is 0 Å². The predicted molar refractivity (Wildman–Crippen MR) is 67.8 cm³/mol. The molecule has 1 fully saturated rings. The second-order valence-corrected chi connectivity index (χ2v) is 5.74. The van der Waals surface area contributed by atoms with Crippen molar-refractivity contribution < 1.29 is 9.47 Å². The molecule has 1 unspecified atom stereocenters. The van der Waals surface area contributed by atoms with Crippen molar-refractivity contribution in [3.05, 3.63) is 35.4 Å². The topological polar surface area (TPSA) is 18.5 Å². The Hall–Kier alpha value is -0.380. The summed E-state index contributed by atoms with van der Waals surface area (Å²) < 4.78 is 11.2. The second kappa shape index (κ2) is 4.86. The van der Waals surface area contributed by atoms with E-state index in [1.54, 1.807) is 0 Å². The van der Waals surface area contributed by atoms with Crippen molar-refractivity contribution in [1.29, 1.82) is 0 Å². The van der Waals surface area contributed by atoms with Gasteiger partial charge in [0.1, 0.15) is 0 Å². The van der Waals surface area contributed by atoms with Gasteiger partial charge in [0.2, 0.25) is 0 Å².